The van der Waals surface area contributed by atoms with Crippen molar-refractivity contribution in [1.82, 2.24) is 9.97 Å². The van der Waals surface area contributed by atoms with Crippen LogP contribution in [0.25, 0.3) is 11.4 Å². The first kappa shape index (κ1) is 15.3. The van der Waals surface area contributed by atoms with E-state index in [0.29, 0.717) is 23.3 Å². The second-order valence-electron chi connectivity index (χ2n) is 4.97. The lowest BCUT2D eigenvalue weighted by molar-refractivity contribution is 0.414. The first-order chi connectivity index (χ1) is 11.2. The zero-order valence-electron chi connectivity index (χ0n) is 12.7. The molecule has 3 rings (SSSR count). The molecule has 0 saturated carbocycles. The van der Waals surface area contributed by atoms with Crippen LogP contribution in [0.4, 0.5) is 5.82 Å². The molecule has 4 nitrogen and oxygen atoms in total. The summed E-state index contributed by atoms with van der Waals surface area (Å²) in [6, 6.07) is 19.4. The summed E-state index contributed by atoms with van der Waals surface area (Å²) in [5.41, 5.74) is 2.03. The second kappa shape index (κ2) is 7.11. The highest BCUT2D eigenvalue weighted by Gasteiger charge is 2.06. The van der Waals surface area contributed by atoms with Crippen LogP contribution in [0.3, 0.4) is 0 Å². The molecule has 0 amide bonds. The predicted octanol–water partition coefficient (Wildman–Crippen LogP) is 4.42. The van der Waals surface area contributed by atoms with Gasteiger partial charge in [0, 0.05) is 18.2 Å². The van der Waals surface area contributed by atoms with Gasteiger partial charge in [0.05, 0.1) is 7.11 Å². The third-order valence-electron chi connectivity index (χ3n) is 3.33. The van der Waals surface area contributed by atoms with Crippen LogP contribution in [0.2, 0.25) is 5.15 Å². The van der Waals surface area contributed by atoms with E-state index >= 15 is 0 Å². The summed E-state index contributed by atoms with van der Waals surface area (Å²) in [6.45, 7) is 0.624. The van der Waals surface area contributed by atoms with E-state index in [1.54, 1.807) is 13.2 Å². The van der Waals surface area contributed by atoms with Gasteiger partial charge in [0.1, 0.15) is 16.7 Å². The quantitative estimate of drug-likeness (QED) is 0.705. The topological polar surface area (TPSA) is 47.0 Å². The smallest absolute Gasteiger partial charge is 0.163 e. The highest BCUT2D eigenvalue weighted by molar-refractivity contribution is 6.29. The SMILES string of the molecule is COc1cccc(CNc2cc(Cl)nc(-c3ccccc3)n2)c1. The maximum absolute atomic E-state index is 6.12. The molecule has 0 unspecified atom stereocenters. The van der Waals surface area contributed by atoms with Crippen LogP contribution in [0.1, 0.15) is 5.56 Å². The molecule has 2 aromatic carbocycles. The number of aromatic nitrogens is 2. The number of hydrogen-bond donors (Lipinski definition) is 1. The Morgan fingerprint density at radius 1 is 1.00 bits per heavy atom. The molecule has 23 heavy (non-hydrogen) atoms. The van der Waals surface area contributed by atoms with E-state index < -0.39 is 0 Å². The third kappa shape index (κ3) is 3.99. The summed E-state index contributed by atoms with van der Waals surface area (Å²) in [5, 5.41) is 3.68. The van der Waals surface area contributed by atoms with Crippen LogP contribution in [-0.2, 0) is 6.54 Å². The van der Waals surface area contributed by atoms with Gasteiger partial charge in [-0.2, -0.15) is 0 Å². The van der Waals surface area contributed by atoms with Crippen molar-refractivity contribution in [3.8, 4) is 17.1 Å². The van der Waals surface area contributed by atoms with E-state index in [1.165, 1.54) is 0 Å². The molecule has 0 aliphatic carbocycles. The number of halogens is 1. The number of nitrogens with one attached hydrogen (secondary N) is 1. The Bertz CT molecular complexity index is 793. The fourth-order valence-corrected chi connectivity index (χ4v) is 2.38. The number of anilines is 1. The lowest BCUT2D eigenvalue weighted by atomic mass is 10.2. The van der Waals surface area contributed by atoms with Crippen molar-refractivity contribution in [3.05, 3.63) is 71.4 Å². The predicted molar refractivity (Wildman–Crippen MR) is 92.8 cm³/mol. The van der Waals surface area contributed by atoms with E-state index in [-0.39, 0.29) is 0 Å². The fourth-order valence-electron chi connectivity index (χ4n) is 2.20. The van der Waals surface area contributed by atoms with E-state index in [9.17, 15) is 0 Å². The Morgan fingerprint density at radius 3 is 2.61 bits per heavy atom. The molecule has 0 bridgehead atoms. The van der Waals surface area contributed by atoms with Gasteiger partial charge in [-0.1, -0.05) is 54.1 Å². The number of methoxy groups -OCH3 is 1. The summed E-state index contributed by atoms with van der Waals surface area (Å²) < 4.78 is 5.23. The van der Waals surface area contributed by atoms with Gasteiger partial charge in [0.2, 0.25) is 0 Å². The van der Waals surface area contributed by atoms with E-state index in [0.717, 1.165) is 16.9 Å². The monoisotopic (exact) mass is 325 g/mol. The minimum Gasteiger partial charge on any atom is -0.497 e. The second-order valence-corrected chi connectivity index (χ2v) is 5.36. The summed E-state index contributed by atoms with van der Waals surface area (Å²) in [7, 11) is 1.66. The zero-order valence-corrected chi connectivity index (χ0v) is 13.4. The maximum Gasteiger partial charge on any atom is 0.163 e. The Kier molecular flexibility index (Phi) is 4.74. The van der Waals surface area contributed by atoms with Crippen LogP contribution in [0.5, 0.6) is 5.75 Å². The highest BCUT2D eigenvalue weighted by atomic mass is 35.5. The molecular weight excluding hydrogens is 310 g/mol. The summed E-state index contributed by atoms with van der Waals surface area (Å²) in [6.07, 6.45) is 0. The van der Waals surface area contributed by atoms with Gasteiger partial charge in [-0.3, -0.25) is 0 Å². The van der Waals surface area contributed by atoms with Crippen molar-refractivity contribution in [1.29, 1.82) is 0 Å². The van der Waals surface area contributed by atoms with Gasteiger partial charge in [-0.05, 0) is 17.7 Å². The number of rotatable bonds is 5. The first-order valence-electron chi connectivity index (χ1n) is 7.21. The lowest BCUT2D eigenvalue weighted by Crippen LogP contribution is -2.03. The van der Waals surface area contributed by atoms with Crippen molar-refractivity contribution in [2.45, 2.75) is 6.54 Å². The van der Waals surface area contributed by atoms with Crippen LogP contribution >= 0.6 is 11.6 Å². The molecular formula is C18H16ClN3O. The number of nitrogens with zero attached hydrogens (tertiary/aromatic N) is 2. The van der Waals surface area contributed by atoms with Crippen molar-refractivity contribution in [2.24, 2.45) is 0 Å². The number of benzene rings is 2. The third-order valence-corrected chi connectivity index (χ3v) is 3.53. The molecule has 1 heterocycles. The van der Waals surface area contributed by atoms with Gasteiger partial charge in [-0.15, -0.1) is 0 Å². The summed E-state index contributed by atoms with van der Waals surface area (Å²) >= 11 is 6.12. The molecule has 0 saturated heterocycles. The standard InChI is InChI=1S/C18H16ClN3O/c1-23-15-9-5-6-13(10-15)12-20-17-11-16(19)21-18(22-17)14-7-3-2-4-8-14/h2-11H,12H2,1H3,(H,20,21,22). The minimum absolute atomic E-state index is 0.409. The Hall–Kier alpha value is -2.59. The van der Waals surface area contributed by atoms with E-state index in [4.69, 9.17) is 16.3 Å². The van der Waals surface area contributed by atoms with Gasteiger partial charge < -0.3 is 10.1 Å². The van der Waals surface area contributed by atoms with Crippen molar-refractivity contribution >= 4 is 17.4 Å². The van der Waals surface area contributed by atoms with Crippen LogP contribution in [0, 0.1) is 0 Å². The maximum atomic E-state index is 6.12. The average molecular weight is 326 g/mol. The van der Waals surface area contributed by atoms with Crippen molar-refractivity contribution < 1.29 is 4.74 Å². The van der Waals surface area contributed by atoms with Crippen molar-refractivity contribution in [2.75, 3.05) is 12.4 Å². The Balaban J connectivity index is 1.79. The molecule has 0 aliphatic heterocycles. The molecule has 5 heteroatoms. The van der Waals surface area contributed by atoms with Gasteiger partial charge >= 0.3 is 0 Å². The van der Waals surface area contributed by atoms with Gasteiger partial charge in [0.25, 0.3) is 0 Å². The van der Waals surface area contributed by atoms with Gasteiger partial charge in [-0.25, -0.2) is 9.97 Å². The molecule has 3 aromatic rings. The molecule has 0 fully saturated rings. The first-order valence-corrected chi connectivity index (χ1v) is 7.59. The summed E-state index contributed by atoms with van der Waals surface area (Å²) in [5.74, 6) is 2.12. The normalized spacial score (nSPS) is 10.3. The van der Waals surface area contributed by atoms with E-state index in [2.05, 4.69) is 15.3 Å². The largest absolute Gasteiger partial charge is 0.497 e. The molecule has 116 valence electrons. The highest BCUT2D eigenvalue weighted by Crippen LogP contribution is 2.21. The molecule has 1 aromatic heterocycles. The Morgan fingerprint density at radius 2 is 1.83 bits per heavy atom. The van der Waals surface area contributed by atoms with E-state index in [1.807, 2.05) is 54.6 Å². The zero-order chi connectivity index (χ0) is 16.1. The molecule has 1 N–H and O–H groups in total. The van der Waals surface area contributed by atoms with Crippen LogP contribution in [-0.4, -0.2) is 17.1 Å². The fraction of sp³-hybridized carbons (Fsp3) is 0.111. The lowest BCUT2D eigenvalue weighted by Gasteiger charge is -2.09. The minimum atomic E-state index is 0.409. The number of ether oxygens (including phenoxy) is 1. The molecule has 0 spiro atoms. The number of hydrogen-bond acceptors (Lipinski definition) is 4. The van der Waals surface area contributed by atoms with Gasteiger partial charge in [0.15, 0.2) is 5.82 Å². The summed E-state index contributed by atoms with van der Waals surface area (Å²) in [4.78, 5) is 8.80. The van der Waals surface area contributed by atoms with Crippen LogP contribution in [0.15, 0.2) is 60.7 Å². The molecule has 0 atom stereocenters. The Labute approximate surface area is 140 Å². The average Bonchev–Trinajstić information content (AvgIpc) is 2.60. The molecule has 0 aliphatic rings. The van der Waals surface area contributed by atoms with Crippen LogP contribution < -0.4 is 10.1 Å². The van der Waals surface area contributed by atoms with Crippen molar-refractivity contribution in [3.63, 3.8) is 0 Å². The molecule has 0 radical (unpaired) electrons.